The van der Waals surface area contributed by atoms with Crippen LogP contribution in [0.2, 0.25) is 0 Å². The number of nitrogens with zero attached hydrogens (tertiary/aromatic N) is 1. The normalized spacial score (nSPS) is 15.0. The Morgan fingerprint density at radius 3 is 2.24 bits per heavy atom. The lowest BCUT2D eigenvalue weighted by molar-refractivity contribution is -0.140. The highest BCUT2D eigenvalue weighted by Gasteiger charge is 2.31. The number of thiophene rings is 1. The van der Waals surface area contributed by atoms with Crippen molar-refractivity contribution in [1.29, 1.82) is 0 Å². The van der Waals surface area contributed by atoms with E-state index in [1.807, 2.05) is 18.2 Å². The van der Waals surface area contributed by atoms with E-state index in [4.69, 9.17) is 4.74 Å². The van der Waals surface area contributed by atoms with E-state index in [2.05, 4.69) is 0 Å². The summed E-state index contributed by atoms with van der Waals surface area (Å²) in [6.45, 7) is 2.82. The van der Waals surface area contributed by atoms with Crippen LogP contribution in [0.5, 0.6) is 0 Å². The summed E-state index contributed by atoms with van der Waals surface area (Å²) in [5, 5.41) is 0. The number of carbonyl (C=O) groups excluding carboxylic acids is 3. The van der Waals surface area contributed by atoms with Gasteiger partial charge < -0.3 is 9.64 Å². The van der Waals surface area contributed by atoms with E-state index in [-0.39, 0.29) is 11.7 Å². The fourth-order valence-electron chi connectivity index (χ4n) is 2.79. The number of hydrogen-bond donors (Lipinski definition) is 0. The van der Waals surface area contributed by atoms with Gasteiger partial charge in [0.1, 0.15) is 4.88 Å². The first-order chi connectivity index (χ1) is 12.1. The standard InChI is InChI=1S/C19H19NO4S/c1-13(21)15-9-10-16(25-15)19(23)24-17(14-7-3-2-4-8-14)18(22)20-11-5-6-12-20/h2-4,7-10,17H,5-6,11-12H2,1H3. The van der Waals surface area contributed by atoms with E-state index >= 15 is 0 Å². The van der Waals surface area contributed by atoms with E-state index in [9.17, 15) is 14.4 Å². The maximum Gasteiger partial charge on any atom is 0.349 e. The topological polar surface area (TPSA) is 63.7 Å². The lowest BCUT2D eigenvalue weighted by Gasteiger charge is -2.23. The first-order valence-corrected chi connectivity index (χ1v) is 9.03. The summed E-state index contributed by atoms with van der Waals surface area (Å²) in [6, 6.07) is 12.2. The van der Waals surface area contributed by atoms with Crippen LogP contribution in [0.3, 0.4) is 0 Å². The van der Waals surface area contributed by atoms with Crippen molar-refractivity contribution in [3.05, 3.63) is 57.8 Å². The van der Waals surface area contributed by atoms with E-state index < -0.39 is 12.1 Å². The van der Waals surface area contributed by atoms with Crippen molar-refractivity contribution >= 4 is 29.0 Å². The Morgan fingerprint density at radius 1 is 1.00 bits per heavy atom. The number of hydrogen-bond acceptors (Lipinski definition) is 5. The van der Waals surface area contributed by atoms with Gasteiger partial charge in [0, 0.05) is 18.7 Å². The van der Waals surface area contributed by atoms with E-state index in [0.717, 1.165) is 24.2 Å². The minimum Gasteiger partial charge on any atom is -0.443 e. The van der Waals surface area contributed by atoms with Gasteiger partial charge in [0.15, 0.2) is 5.78 Å². The van der Waals surface area contributed by atoms with Crippen LogP contribution >= 0.6 is 11.3 Å². The van der Waals surface area contributed by atoms with E-state index in [1.165, 1.54) is 6.92 Å². The molecule has 6 heteroatoms. The Hall–Kier alpha value is -2.47. The molecule has 0 radical (unpaired) electrons. The molecule has 3 rings (SSSR count). The predicted octanol–water partition coefficient (Wildman–Crippen LogP) is 3.47. The number of rotatable bonds is 5. The molecule has 1 aromatic carbocycles. The number of ketones is 1. The number of esters is 1. The second-order valence-corrected chi connectivity index (χ2v) is 7.03. The number of ether oxygens (including phenoxy) is 1. The summed E-state index contributed by atoms with van der Waals surface area (Å²) in [5.41, 5.74) is 0.649. The summed E-state index contributed by atoms with van der Waals surface area (Å²) in [6.07, 6.45) is 0.969. The third-order valence-electron chi connectivity index (χ3n) is 4.12. The van der Waals surface area contributed by atoms with Crippen LogP contribution in [0.15, 0.2) is 42.5 Å². The molecule has 1 unspecified atom stereocenters. The van der Waals surface area contributed by atoms with E-state index in [1.54, 1.807) is 29.2 Å². The highest BCUT2D eigenvalue weighted by Crippen LogP contribution is 2.26. The van der Waals surface area contributed by atoms with Gasteiger partial charge in [-0.1, -0.05) is 30.3 Å². The zero-order valence-electron chi connectivity index (χ0n) is 13.9. The van der Waals surface area contributed by atoms with Gasteiger partial charge in [-0.2, -0.15) is 0 Å². The molecule has 1 saturated heterocycles. The van der Waals surface area contributed by atoms with Crippen molar-refractivity contribution in [2.75, 3.05) is 13.1 Å². The quantitative estimate of drug-likeness (QED) is 0.607. The molecule has 130 valence electrons. The van der Waals surface area contributed by atoms with Gasteiger partial charge in [-0.05, 0) is 31.9 Å². The minimum absolute atomic E-state index is 0.100. The van der Waals surface area contributed by atoms with Gasteiger partial charge in [0.05, 0.1) is 4.88 Å². The molecule has 0 aliphatic carbocycles. The molecule has 1 atom stereocenters. The van der Waals surface area contributed by atoms with Gasteiger partial charge in [-0.3, -0.25) is 9.59 Å². The van der Waals surface area contributed by atoms with Crippen molar-refractivity contribution in [3.8, 4) is 0 Å². The maximum atomic E-state index is 12.8. The van der Waals surface area contributed by atoms with Crippen molar-refractivity contribution in [3.63, 3.8) is 0 Å². The molecule has 25 heavy (non-hydrogen) atoms. The molecule has 1 aromatic heterocycles. The average molecular weight is 357 g/mol. The van der Waals surface area contributed by atoms with Crippen molar-refractivity contribution < 1.29 is 19.1 Å². The molecule has 1 aliphatic rings. The summed E-state index contributed by atoms with van der Waals surface area (Å²) in [4.78, 5) is 39.3. The van der Waals surface area contributed by atoms with E-state index in [0.29, 0.717) is 28.4 Å². The molecule has 5 nitrogen and oxygen atoms in total. The van der Waals surface area contributed by atoms with Gasteiger partial charge in [-0.25, -0.2) is 4.79 Å². The Balaban J connectivity index is 1.82. The second-order valence-electron chi connectivity index (χ2n) is 5.95. The lowest BCUT2D eigenvalue weighted by atomic mass is 10.1. The molecule has 0 bridgehead atoms. The van der Waals surface area contributed by atoms with Gasteiger partial charge >= 0.3 is 5.97 Å². The third-order valence-corrected chi connectivity index (χ3v) is 5.29. The van der Waals surface area contributed by atoms with Crippen LogP contribution in [0.1, 0.15) is 50.8 Å². The predicted molar refractivity (Wildman–Crippen MR) is 94.7 cm³/mol. The van der Waals surface area contributed by atoms with Crippen molar-refractivity contribution in [2.24, 2.45) is 0 Å². The van der Waals surface area contributed by atoms with Crippen LogP contribution in [0.25, 0.3) is 0 Å². The fraction of sp³-hybridized carbons (Fsp3) is 0.316. The lowest BCUT2D eigenvalue weighted by Crippen LogP contribution is -2.34. The molecular formula is C19H19NO4S. The zero-order valence-corrected chi connectivity index (χ0v) is 14.8. The van der Waals surface area contributed by atoms with Crippen LogP contribution in [-0.2, 0) is 9.53 Å². The van der Waals surface area contributed by atoms with Crippen LogP contribution in [0, 0.1) is 0 Å². The van der Waals surface area contributed by atoms with Crippen LogP contribution in [0.4, 0.5) is 0 Å². The molecule has 2 aromatic rings. The molecule has 0 spiro atoms. The Labute approximate surface area is 150 Å². The average Bonchev–Trinajstić information content (AvgIpc) is 3.31. The zero-order chi connectivity index (χ0) is 17.8. The van der Waals surface area contributed by atoms with Gasteiger partial charge in [-0.15, -0.1) is 11.3 Å². The smallest absolute Gasteiger partial charge is 0.349 e. The van der Waals surface area contributed by atoms with Crippen LogP contribution < -0.4 is 0 Å². The fourth-order valence-corrected chi connectivity index (χ4v) is 3.58. The largest absolute Gasteiger partial charge is 0.443 e. The number of carbonyl (C=O) groups is 3. The third kappa shape index (κ3) is 3.96. The minimum atomic E-state index is -0.963. The van der Waals surface area contributed by atoms with Crippen molar-refractivity contribution in [1.82, 2.24) is 4.90 Å². The monoisotopic (exact) mass is 357 g/mol. The maximum absolute atomic E-state index is 12.8. The highest BCUT2D eigenvalue weighted by molar-refractivity contribution is 7.15. The Kier molecular flexibility index (Phi) is 5.28. The Morgan fingerprint density at radius 2 is 1.64 bits per heavy atom. The molecule has 0 saturated carbocycles. The summed E-state index contributed by atoms with van der Waals surface area (Å²) in [7, 11) is 0. The number of Topliss-reactive ketones (excluding diaryl/α,β-unsaturated/α-hetero) is 1. The molecule has 2 heterocycles. The first-order valence-electron chi connectivity index (χ1n) is 8.22. The molecule has 1 amide bonds. The molecular weight excluding hydrogens is 338 g/mol. The molecule has 1 fully saturated rings. The first kappa shape index (κ1) is 17.4. The van der Waals surface area contributed by atoms with Gasteiger partial charge in [0.2, 0.25) is 6.10 Å². The Bertz CT molecular complexity index is 778. The van der Waals surface area contributed by atoms with Crippen LogP contribution in [-0.4, -0.2) is 35.6 Å². The summed E-state index contributed by atoms with van der Waals surface area (Å²) >= 11 is 1.08. The highest BCUT2D eigenvalue weighted by atomic mass is 32.1. The molecule has 0 N–H and O–H groups in total. The summed E-state index contributed by atoms with van der Waals surface area (Å²) in [5.74, 6) is -0.879. The SMILES string of the molecule is CC(=O)c1ccc(C(=O)OC(C(=O)N2CCCC2)c2ccccc2)s1. The molecule has 1 aliphatic heterocycles. The number of likely N-dealkylation sites (tertiary alicyclic amines) is 1. The van der Waals surface area contributed by atoms with Gasteiger partial charge in [0.25, 0.3) is 5.91 Å². The summed E-state index contributed by atoms with van der Waals surface area (Å²) < 4.78 is 5.56. The number of amides is 1. The van der Waals surface area contributed by atoms with Crippen molar-refractivity contribution in [2.45, 2.75) is 25.9 Å². The second kappa shape index (κ2) is 7.61. The number of benzene rings is 1.